The zero-order valence-electron chi connectivity index (χ0n) is 10.5. The lowest BCUT2D eigenvalue weighted by atomic mass is 10.1. The van der Waals surface area contributed by atoms with Gasteiger partial charge in [0.2, 0.25) is 5.91 Å². The number of nitrogens with one attached hydrogen (secondary N) is 1. The number of pyridine rings is 1. The van der Waals surface area contributed by atoms with Crippen molar-refractivity contribution in [1.82, 2.24) is 14.8 Å². The van der Waals surface area contributed by atoms with E-state index in [0.717, 1.165) is 6.42 Å². The van der Waals surface area contributed by atoms with Crippen molar-refractivity contribution in [2.24, 2.45) is 0 Å². The molecule has 3 rings (SSSR count). The Kier molecular flexibility index (Phi) is 2.85. The van der Waals surface area contributed by atoms with Crippen LogP contribution in [0.2, 0.25) is 0 Å². The molecule has 6 heteroatoms. The third kappa shape index (κ3) is 2.03. The first kappa shape index (κ1) is 12.0. The average molecular weight is 261 g/mol. The van der Waals surface area contributed by atoms with E-state index in [1.165, 1.54) is 18.5 Å². The molecule has 1 aromatic rings. The van der Waals surface area contributed by atoms with Gasteiger partial charge in [0, 0.05) is 50.6 Å². The van der Waals surface area contributed by atoms with E-state index >= 15 is 0 Å². The highest BCUT2D eigenvalue weighted by molar-refractivity contribution is 5.94. The molecule has 6 nitrogen and oxygen atoms in total. The van der Waals surface area contributed by atoms with Crippen molar-refractivity contribution in [2.45, 2.75) is 18.9 Å². The second-order valence-electron chi connectivity index (χ2n) is 4.95. The first-order valence-electron chi connectivity index (χ1n) is 6.42. The fourth-order valence-corrected chi connectivity index (χ4v) is 2.80. The number of nitrogens with zero attached hydrogens (tertiary/aromatic N) is 2. The van der Waals surface area contributed by atoms with E-state index < -0.39 is 0 Å². The fourth-order valence-electron chi connectivity index (χ4n) is 2.80. The summed E-state index contributed by atoms with van der Waals surface area (Å²) >= 11 is 0. The molecule has 0 spiro atoms. The minimum Gasteiger partial charge on any atom is -0.367 e. The van der Waals surface area contributed by atoms with Gasteiger partial charge in [0.25, 0.3) is 5.91 Å². The van der Waals surface area contributed by atoms with Gasteiger partial charge >= 0.3 is 0 Å². The zero-order chi connectivity index (χ0) is 13.4. The summed E-state index contributed by atoms with van der Waals surface area (Å²) in [4.78, 5) is 41.8. The van der Waals surface area contributed by atoms with Gasteiger partial charge < -0.3 is 14.8 Å². The van der Waals surface area contributed by atoms with E-state index in [1.54, 1.807) is 4.90 Å². The van der Waals surface area contributed by atoms with Crippen LogP contribution in [0.4, 0.5) is 0 Å². The lowest BCUT2D eigenvalue weighted by molar-refractivity contribution is -0.130. The number of carbonyl (C=O) groups excluding carboxylic acids is 2. The maximum absolute atomic E-state index is 12.3. The smallest absolute Gasteiger partial charge is 0.259 e. The van der Waals surface area contributed by atoms with E-state index in [9.17, 15) is 14.4 Å². The van der Waals surface area contributed by atoms with Crippen LogP contribution < -0.4 is 5.43 Å². The Morgan fingerprint density at radius 3 is 2.95 bits per heavy atom. The van der Waals surface area contributed by atoms with E-state index in [-0.39, 0.29) is 28.8 Å². The van der Waals surface area contributed by atoms with Crippen LogP contribution in [0.15, 0.2) is 23.3 Å². The van der Waals surface area contributed by atoms with Gasteiger partial charge in [0.05, 0.1) is 0 Å². The maximum Gasteiger partial charge on any atom is 0.259 e. The number of aromatic amines is 1. The van der Waals surface area contributed by atoms with Crippen LogP contribution in [0.3, 0.4) is 0 Å². The van der Waals surface area contributed by atoms with Crippen molar-refractivity contribution < 1.29 is 9.59 Å². The monoisotopic (exact) mass is 261 g/mol. The molecule has 0 aromatic carbocycles. The molecular formula is C13H15N3O3. The SMILES string of the molecule is O=C(c1c[nH]ccc1=O)N1CCN2C(=O)CCC2C1. The number of carbonyl (C=O) groups is 2. The predicted octanol–water partition coefficient (Wildman–Crippen LogP) is -0.178. The average Bonchev–Trinajstić information content (AvgIpc) is 2.80. The molecule has 2 aliphatic heterocycles. The van der Waals surface area contributed by atoms with Crippen molar-refractivity contribution in [3.05, 3.63) is 34.2 Å². The van der Waals surface area contributed by atoms with Gasteiger partial charge in [-0.3, -0.25) is 14.4 Å². The summed E-state index contributed by atoms with van der Waals surface area (Å²) in [5.74, 6) is -0.0736. The summed E-state index contributed by atoms with van der Waals surface area (Å²) in [5.41, 5.74) is -0.103. The van der Waals surface area contributed by atoms with E-state index in [4.69, 9.17) is 0 Å². The molecular weight excluding hydrogens is 246 g/mol. The molecule has 100 valence electrons. The highest BCUT2D eigenvalue weighted by Gasteiger charge is 2.37. The summed E-state index contributed by atoms with van der Waals surface area (Å²) in [7, 11) is 0. The fraction of sp³-hybridized carbons (Fsp3) is 0.462. The van der Waals surface area contributed by atoms with E-state index in [0.29, 0.717) is 26.1 Å². The lowest BCUT2D eigenvalue weighted by Gasteiger charge is -2.37. The Balaban J connectivity index is 1.78. The molecule has 19 heavy (non-hydrogen) atoms. The van der Waals surface area contributed by atoms with Gasteiger partial charge in [0.1, 0.15) is 5.56 Å². The predicted molar refractivity (Wildman–Crippen MR) is 67.7 cm³/mol. The van der Waals surface area contributed by atoms with Gasteiger partial charge in [-0.05, 0) is 6.42 Å². The van der Waals surface area contributed by atoms with Gasteiger partial charge in [-0.2, -0.15) is 0 Å². The van der Waals surface area contributed by atoms with Gasteiger partial charge in [-0.1, -0.05) is 0 Å². The van der Waals surface area contributed by atoms with Gasteiger partial charge in [0.15, 0.2) is 5.43 Å². The van der Waals surface area contributed by atoms with Crippen LogP contribution >= 0.6 is 0 Å². The van der Waals surface area contributed by atoms with Crippen LogP contribution in [0.1, 0.15) is 23.2 Å². The summed E-state index contributed by atoms with van der Waals surface area (Å²) < 4.78 is 0. The van der Waals surface area contributed by atoms with Crippen molar-refractivity contribution >= 4 is 11.8 Å². The van der Waals surface area contributed by atoms with E-state index in [2.05, 4.69) is 4.98 Å². The number of H-pyrrole nitrogens is 1. The molecule has 3 heterocycles. The Morgan fingerprint density at radius 2 is 2.16 bits per heavy atom. The number of aromatic nitrogens is 1. The molecule has 2 amide bonds. The minimum atomic E-state index is -0.270. The second kappa shape index (κ2) is 4.53. The summed E-state index contributed by atoms with van der Waals surface area (Å²) in [6.45, 7) is 1.59. The quantitative estimate of drug-likeness (QED) is 0.762. The molecule has 1 N–H and O–H groups in total. The topological polar surface area (TPSA) is 73.5 Å². The number of amides is 2. The maximum atomic E-state index is 12.3. The highest BCUT2D eigenvalue weighted by Crippen LogP contribution is 2.23. The number of rotatable bonds is 1. The molecule has 2 fully saturated rings. The normalized spacial score (nSPS) is 22.5. The molecule has 1 atom stereocenters. The Labute approximate surface area is 110 Å². The number of fused-ring (bicyclic) bond motifs is 1. The van der Waals surface area contributed by atoms with Gasteiger partial charge in [-0.15, -0.1) is 0 Å². The molecule has 0 saturated carbocycles. The van der Waals surface area contributed by atoms with Crippen molar-refractivity contribution in [2.75, 3.05) is 19.6 Å². The van der Waals surface area contributed by atoms with Crippen LogP contribution in [-0.2, 0) is 4.79 Å². The minimum absolute atomic E-state index is 0.119. The summed E-state index contributed by atoms with van der Waals surface area (Å²) in [6.07, 6.45) is 4.32. The second-order valence-corrected chi connectivity index (χ2v) is 4.95. The van der Waals surface area contributed by atoms with Crippen LogP contribution in [0.5, 0.6) is 0 Å². The molecule has 2 aliphatic rings. The Hall–Kier alpha value is -2.11. The Morgan fingerprint density at radius 1 is 1.32 bits per heavy atom. The lowest BCUT2D eigenvalue weighted by Crippen LogP contribution is -2.53. The standard InChI is InChI=1S/C13H15N3O3/c17-11-3-4-14-7-10(11)13(19)15-5-6-16-9(8-15)1-2-12(16)18/h3-4,7,9H,1-2,5-6,8H2,(H,14,17). The third-order valence-electron chi connectivity index (χ3n) is 3.84. The summed E-state index contributed by atoms with van der Waals surface area (Å²) in [6, 6.07) is 1.47. The highest BCUT2D eigenvalue weighted by atomic mass is 16.2. The molecule has 0 bridgehead atoms. The van der Waals surface area contributed by atoms with Gasteiger partial charge in [-0.25, -0.2) is 0 Å². The molecule has 1 aromatic heterocycles. The van der Waals surface area contributed by atoms with Crippen molar-refractivity contribution in [3.8, 4) is 0 Å². The molecule has 0 radical (unpaired) electrons. The number of hydrogen-bond acceptors (Lipinski definition) is 3. The van der Waals surface area contributed by atoms with Crippen LogP contribution in [-0.4, -0.2) is 52.3 Å². The first-order chi connectivity index (χ1) is 9.16. The largest absolute Gasteiger partial charge is 0.367 e. The summed E-state index contributed by atoms with van der Waals surface area (Å²) in [5, 5.41) is 0. The van der Waals surface area contributed by atoms with Crippen LogP contribution in [0.25, 0.3) is 0 Å². The Bertz CT molecular complexity index is 580. The van der Waals surface area contributed by atoms with Crippen molar-refractivity contribution in [1.29, 1.82) is 0 Å². The molecule has 1 unspecified atom stereocenters. The number of piperazine rings is 1. The van der Waals surface area contributed by atoms with Crippen molar-refractivity contribution in [3.63, 3.8) is 0 Å². The first-order valence-corrected chi connectivity index (χ1v) is 6.42. The van der Waals surface area contributed by atoms with E-state index in [1.807, 2.05) is 4.90 Å². The zero-order valence-corrected chi connectivity index (χ0v) is 10.5. The van der Waals surface area contributed by atoms with Crippen LogP contribution in [0, 0.1) is 0 Å². The third-order valence-corrected chi connectivity index (χ3v) is 3.84. The number of hydrogen-bond donors (Lipinski definition) is 1. The molecule has 2 saturated heterocycles. The molecule has 0 aliphatic carbocycles.